The molecule has 10 heteroatoms. The minimum atomic E-state index is -0.570. The topological polar surface area (TPSA) is 96.5 Å². The van der Waals surface area contributed by atoms with Gasteiger partial charge in [0.2, 0.25) is 5.91 Å². The van der Waals surface area contributed by atoms with Crippen molar-refractivity contribution in [2.24, 2.45) is 0 Å². The zero-order chi connectivity index (χ0) is 33.9. The molecule has 1 atom stereocenters. The van der Waals surface area contributed by atoms with E-state index in [4.69, 9.17) is 4.74 Å². The van der Waals surface area contributed by atoms with Crippen molar-refractivity contribution in [3.63, 3.8) is 0 Å². The lowest BCUT2D eigenvalue weighted by atomic mass is 10.1. The van der Waals surface area contributed by atoms with Gasteiger partial charge in [0.15, 0.2) is 0 Å². The highest BCUT2D eigenvalue weighted by molar-refractivity contribution is 9.10. The minimum Gasteiger partial charge on any atom is -0.489 e. The van der Waals surface area contributed by atoms with Crippen LogP contribution in [0.3, 0.4) is 0 Å². The van der Waals surface area contributed by atoms with Crippen molar-refractivity contribution in [2.45, 2.75) is 23.7 Å². The normalized spacial score (nSPS) is 11.7. The second kappa shape index (κ2) is 16.6. The van der Waals surface area contributed by atoms with Crippen LogP contribution >= 0.6 is 27.7 Å². The van der Waals surface area contributed by atoms with Crippen molar-refractivity contribution in [3.05, 3.63) is 160 Å². The van der Waals surface area contributed by atoms with E-state index in [-0.39, 0.29) is 17.3 Å². The molecular formula is C38H31BrFN3O4S. The summed E-state index contributed by atoms with van der Waals surface area (Å²) in [6.45, 7) is 2.13. The van der Waals surface area contributed by atoms with Crippen LogP contribution in [0.5, 0.6) is 5.75 Å². The fourth-order valence-corrected chi connectivity index (χ4v) is 5.70. The predicted octanol–water partition coefficient (Wildman–Crippen LogP) is 8.70. The first-order valence-electron chi connectivity index (χ1n) is 14.9. The van der Waals surface area contributed by atoms with Crippen LogP contribution < -0.4 is 20.7 Å². The van der Waals surface area contributed by atoms with E-state index in [1.807, 2.05) is 30.3 Å². The number of amides is 3. The van der Waals surface area contributed by atoms with Crippen LogP contribution in [0.4, 0.5) is 15.8 Å². The Morgan fingerprint density at radius 3 is 2.25 bits per heavy atom. The van der Waals surface area contributed by atoms with Crippen molar-refractivity contribution in [2.75, 3.05) is 10.6 Å². The Kier molecular flexibility index (Phi) is 11.8. The smallest absolute Gasteiger partial charge is 0.272 e. The molecule has 5 aromatic rings. The quantitative estimate of drug-likeness (QED) is 0.0884. The maximum Gasteiger partial charge on any atom is 0.272 e. The summed E-state index contributed by atoms with van der Waals surface area (Å²) in [5.74, 6) is -1.24. The molecule has 0 aliphatic carbocycles. The van der Waals surface area contributed by atoms with E-state index in [2.05, 4.69) is 31.9 Å². The fourth-order valence-electron chi connectivity index (χ4n) is 4.44. The summed E-state index contributed by atoms with van der Waals surface area (Å²) in [7, 11) is 0. The molecule has 0 spiro atoms. The number of nitrogens with one attached hydrogen (secondary N) is 3. The average molecular weight is 725 g/mol. The third-order valence-electron chi connectivity index (χ3n) is 6.93. The van der Waals surface area contributed by atoms with E-state index in [1.54, 1.807) is 97.9 Å². The number of thioether (sulfide) groups is 1. The highest BCUT2D eigenvalue weighted by atomic mass is 79.9. The van der Waals surface area contributed by atoms with Gasteiger partial charge in [0.25, 0.3) is 11.8 Å². The summed E-state index contributed by atoms with van der Waals surface area (Å²) in [6, 6.07) is 37.0. The molecule has 0 aliphatic heterocycles. The number of halogens is 2. The monoisotopic (exact) mass is 723 g/mol. The van der Waals surface area contributed by atoms with Gasteiger partial charge in [-0.25, -0.2) is 4.39 Å². The SMILES string of the molecule is CC(Sc1cccc(NC(=O)/C(=C/c2ccc(OCc3ccccc3)cc2)NC(=O)c2ccccc2)c1)C(=O)Nc1ccc(Br)cc1F. The number of carbonyl (C=O) groups excluding carboxylic acids is 3. The Bertz CT molecular complexity index is 1920. The minimum absolute atomic E-state index is 0.0316. The highest BCUT2D eigenvalue weighted by Crippen LogP contribution is 2.28. The molecule has 1 unspecified atom stereocenters. The molecule has 242 valence electrons. The van der Waals surface area contributed by atoms with E-state index in [1.165, 1.54) is 23.9 Å². The van der Waals surface area contributed by atoms with Gasteiger partial charge in [-0.1, -0.05) is 82.7 Å². The number of carbonyl (C=O) groups is 3. The number of ether oxygens (including phenoxy) is 1. The first-order valence-corrected chi connectivity index (χ1v) is 16.6. The van der Waals surface area contributed by atoms with E-state index in [0.717, 1.165) is 5.56 Å². The maximum absolute atomic E-state index is 14.2. The summed E-state index contributed by atoms with van der Waals surface area (Å²) in [5.41, 5.74) is 2.69. The number of rotatable bonds is 12. The highest BCUT2D eigenvalue weighted by Gasteiger charge is 2.18. The lowest BCUT2D eigenvalue weighted by molar-refractivity contribution is -0.115. The van der Waals surface area contributed by atoms with Crippen molar-refractivity contribution >= 4 is 62.9 Å². The second-order valence-electron chi connectivity index (χ2n) is 10.6. The molecule has 5 aromatic carbocycles. The third-order valence-corrected chi connectivity index (χ3v) is 8.52. The van der Waals surface area contributed by atoms with Gasteiger partial charge < -0.3 is 20.7 Å². The lowest BCUT2D eigenvalue weighted by Crippen LogP contribution is -2.30. The summed E-state index contributed by atoms with van der Waals surface area (Å²) in [5, 5.41) is 7.63. The Balaban J connectivity index is 1.28. The Morgan fingerprint density at radius 1 is 0.833 bits per heavy atom. The van der Waals surface area contributed by atoms with Gasteiger partial charge in [-0.2, -0.15) is 0 Å². The Morgan fingerprint density at radius 2 is 1.54 bits per heavy atom. The van der Waals surface area contributed by atoms with Crippen LogP contribution in [0.25, 0.3) is 6.08 Å². The van der Waals surface area contributed by atoms with Crippen molar-refractivity contribution in [3.8, 4) is 5.75 Å². The maximum atomic E-state index is 14.2. The van der Waals surface area contributed by atoms with Gasteiger partial charge in [-0.05, 0) is 84.8 Å². The van der Waals surface area contributed by atoms with Crippen LogP contribution in [-0.2, 0) is 16.2 Å². The molecule has 3 N–H and O–H groups in total. The van der Waals surface area contributed by atoms with E-state index in [0.29, 0.717) is 38.5 Å². The standard InChI is InChI=1S/C38H31BrFN3O4S/c1-25(36(44)42-34-20-17-29(39)22-33(34)40)48-32-14-8-13-30(23-32)41-38(46)35(43-37(45)28-11-6-3-7-12-28)21-26-15-18-31(19-16-26)47-24-27-9-4-2-5-10-27/h2-23,25H,24H2,1H3,(H,41,46)(H,42,44)(H,43,45)/b35-21-. The number of benzene rings is 5. The zero-order valence-electron chi connectivity index (χ0n) is 25.8. The molecule has 0 aromatic heterocycles. The molecule has 5 rings (SSSR count). The Labute approximate surface area is 290 Å². The molecule has 0 bridgehead atoms. The van der Waals surface area contributed by atoms with Gasteiger partial charge >= 0.3 is 0 Å². The van der Waals surface area contributed by atoms with Gasteiger partial charge in [-0.15, -0.1) is 11.8 Å². The van der Waals surface area contributed by atoms with E-state index < -0.39 is 22.9 Å². The fraction of sp³-hybridized carbons (Fsp3) is 0.0789. The van der Waals surface area contributed by atoms with Crippen molar-refractivity contribution in [1.29, 1.82) is 0 Å². The number of anilines is 2. The number of hydrogen-bond acceptors (Lipinski definition) is 5. The number of hydrogen-bond donors (Lipinski definition) is 3. The average Bonchev–Trinajstić information content (AvgIpc) is 3.09. The largest absolute Gasteiger partial charge is 0.489 e. The summed E-state index contributed by atoms with van der Waals surface area (Å²) in [6.07, 6.45) is 1.59. The zero-order valence-corrected chi connectivity index (χ0v) is 28.2. The van der Waals surface area contributed by atoms with Crippen LogP contribution in [0.2, 0.25) is 0 Å². The van der Waals surface area contributed by atoms with Crippen molar-refractivity contribution in [1.82, 2.24) is 5.32 Å². The molecule has 0 saturated carbocycles. The van der Waals surface area contributed by atoms with E-state index >= 15 is 0 Å². The first-order chi connectivity index (χ1) is 23.2. The van der Waals surface area contributed by atoms with Crippen LogP contribution in [0.1, 0.15) is 28.4 Å². The molecule has 3 amide bonds. The van der Waals surface area contributed by atoms with Crippen LogP contribution in [0, 0.1) is 5.82 Å². The summed E-state index contributed by atoms with van der Waals surface area (Å²) < 4.78 is 20.7. The molecular weight excluding hydrogens is 693 g/mol. The second-order valence-corrected chi connectivity index (χ2v) is 12.9. The Hall–Kier alpha value is -5.19. The molecule has 7 nitrogen and oxygen atoms in total. The van der Waals surface area contributed by atoms with Crippen molar-refractivity contribution < 1.29 is 23.5 Å². The predicted molar refractivity (Wildman–Crippen MR) is 192 cm³/mol. The van der Waals surface area contributed by atoms with Gasteiger partial charge in [-0.3, -0.25) is 14.4 Å². The summed E-state index contributed by atoms with van der Waals surface area (Å²) in [4.78, 5) is 40.1. The van der Waals surface area contributed by atoms with Gasteiger partial charge in [0.1, 0.15) is 23.9 Å². The van der Waals surface area contributed by atoms with E-state index in [9.17, 15) is 18.8 Å². The molecule has 0 heterocycles. The molecule has 0 saturated heterocycles. The molecule has 0 radical (unpaired) electrons. The van der Waals surface area contributed by atoms with Gasteiger partial charge in [0, 0.05) is 20.6 Å². The summed E-state index contributed by atoms with van der Waals surface area (Å²) >= 11 is 4.46. The molecule has 0 aliphatic rings. The lowest BCUT2D eigenvalue weighted by Gasteiger charge is -2.14. The third kappa shape index (κ3) is 9.90. The van der Waals surface area contributed by atoms with Gasteiger partial charge in [0.05, 0.1) is 10.9 Å². The van der Waals surface area contributed by atoms with Crippen LogP contribution in [-0.4, -0.2) is 23.0 Å². The molecule has 0 fully saturated rings. The molecule has 48 heavy (non-hydrogen) atoms. The van der Waals surface area contributed by atoms with Crippen LogP contribution in [0.15, 0.2) is 142 Å². The first kappa shape index (κ1) is 34.2.